The van der Waals surface area contributed by atoms with Gasteiger partial charge >= 0.3 is 0 Å². The number of hydrogen-bond acceptors (Lipinski definition) is 3. The van der Waals surface area contributed by atoms with E-state index in [9.17, 15) is 0 Å². The van der Waals surface area contributed by atoms with E-state index in [-0.39, 0.29) is 0 Å². The monoisotopic (exact) mass is 230 g/mol. The minimum Gasteiger partial charge on any atom is -0.395 e. The standard InChI is InChI=1S/C13H16N3O/c1-3-11-12(10-8-6-5-7-9-10)15-16(13(11)14)17-4-2/h5-9H,1,3-4,14H2,2H3. The smallest absolute Gasteiger partial charge is 0.167 e. The minimum atomic E-state index is 0.524. The summed E-state index contributed by atoms with van der Waals surface area (Å²) in [7, 11) is 0. The number of rotatable bonds is 4. The zero-order chi connectivity index (χ0) is 12.3. The van der Waals surface area contributed by atoms with Crippen molar-refractivity contribution in [3.05, 3.63) is 42.8 Å². The molecule has 0 unspecified atom stereocenters. The zero-order valence-electron chi connectivity index (χ0n) is 9.89. The van der Waals surface area contributed by atoms with Crippen LogP contribution < -0.4 is 10.6 Å². The van der Waals surface area contributed by atoms with Crippen LogP contribution in [0.5, 0.6) is 0 Å². The van der Waals surface area contributed by atoms with Crippen molar-refractivity contribution >= 4 is 5.82 Å². The van der Waals surface area contributed by atoms with E-state index in [1.807, 2.05) is 37.3 Å². The number of benzene rings is 1. The van der Waals surface area contributed by atoms with Crippen molar-refractivity contribution in [1.29, 1.82) is 0 Å². The van der Waals surface area contributed by atoms with Gasteiger partial charge in [-0.25, -0.2) is 0 Å². The number of nitrogen functional groups attached to an aromatic ring is 1. The molecule has 4 heteroatoms. The SMILES string of the molecule is [CH2]Cc1c(-c2ccccc2)nn(OCC)c1N. The normalized spacial score (nSPS) is 10.5. The first-order valence-corrected chi connectivity index (χ1v) is 5.63. The van der Waals surface area contributed by atoms with E-state index in [1.165, 1.54) is 4.85 Å². The van der Waals surface area contributed by atoms with Crippen LogP contribution in [-0.2, 0) is 6.42 Å². The van der Waals surface area contributed by atoms with Crippen molar-refractivity contribution < 1.29 is 4.84 Å². The third-order valence-corrected chi connectivity index (χ3v) is 2.54. The Morgan fingerprint density at radius 1 is 1.35 bits per heavy atom. The van der Waals surface area contributed by atoms with Gasteiger partial charge in [-0.15, -0.1) is 5.10 Å². The Labute approximate surface area is 101 Å². The van der Waals surface area contributed by atoms with Gasteiger partial charge < -0.3 is 10.6 Å². The fourth-order valence-corrected chi connectivity index (χ4v) is 1.74. The van der Waals surface area contributed by atoms with Gasteiger partial charge in [0.05, 0.1) is 0 Å². The van der Waals surface area contributed by atoms with Crippen LogP contribution >= 0.6 is 0 Å². The first-order chi connectivity index (χ1) is 8.27. The van der Waals surface area contributed by atoms with Gasteiger partial charge in [-0.2, -0.15) is 0 Å². The highest BCUT2D eigenvalue weighted by molar-refractivity contribution is 5.68. The molecule has 0 bridgehead atoms. The maximum Gasteiger partial charge on any atom is 0.167 e. The van der Waals surface area contributed by atoms with Gasteiger partial charge in [0.1, 0.15) is 12.3 Å². The second-order valence-corrected chi connectivity index (χ2v) is 3.62. The fourth-order valence-electron chi connectivity index (χ4n) is 1.74. The van der Waals surface area contributed by atoms with Crippen molar-refractivity contribution in [3.63, 3.8) is 0 Å². The Morgan fingerprint density at radius 2 is 2.06 bits per heavy atom. The summed E-state index contributed by atoms with van der Waals surface area (Å²) in [4.78, 5) is 6.71. The Hall–Kier alpha value is -1.97. The van der Waals surface area contributed by atoms with Crippen molar-refractivity contribution in [1.82, 2.24) is 9.94 Å². The van der Waals surface area contributed by atoms with Crippen LogP contribution in [-0.4, -0.2) is 16.6 Å². The van der Waals surface area contributed by atoms with E-state index in [0.29, 0.717) is 18.8 Å². The average Bonchev–Trinajstić information content (AvgIpc) is 2.68. The Bertz CT molecular complexity index is 491. The van der Waals surface area contributed by atoms with Crippen LogP contribution in [0.25, 0.3) is 11.3 Å². The zero-order valence-corrected chi connectivity index (χ0v) is 9.89. The van der Waals surface area contributed by atoms with Crippen molar-refractivity contribution in [2.45, 2.75) is 13.3 Å². The molecule has 0 fully saturated rings. The molecule has 0 saturated carbocycles. The van der Waals surface area contributed by atoms with E-state index in [1.54, 1.807) is 0 Å². The molecule has 4 nitrogen and oxygen atoms in total. The van der Waals surface area contributed by atoms with Crippen LogP contribution in [0.4, 0.5) is 5.82 Å². The maximum atomic E-state index is 5.97. The summed E-state index contributed by atoms with van der Waals surface area (Å²) in [5.41, 5.74) is 8.76. The number of hydrogen-bond donors (Lipinski definition) is 1. The Kier molecular flexibility index (Phi) is 3.32. The molecule has 2 rings (SSSR count). The van der Waals surface area contributed by atoms with Crippen LogP contribution in [0.3, 0.4) is 0 Å². The van der Waals surface area contributed by atoms with E-state index < -0.39 is 0 Å². The highest BCUT2D eigenvalue weighted by atomic mass is 16.7. The molecule has 0 spiro atoms. The topological polar surface area (TPSA) is 53.1 Å². The largest absolute Gasteiger partial charge is 0.395 e. The summed E-state index contributed by atoms with van der Waals surface area (Å²) >= 11 is 0. The quantitative estimate of drug-likeness (QED) is 0.873. The number of nitrogens with zero attached hydrogens (tertiary/aromatic N) is 2. The predicted octanol–water partition coefficient (Wildman–Crippen LogP) is 1.96. The first-order valence-electron chi connectivity index (χ1n) is 5.63. The van der Waals surface area contributed by atoms with Crippen molar-refractivity contribution in [3.8, 4) is 11.3 Å². The second-order valence-electron chi connectivity index (χ2n) is 3.62. The molecular formula is C13H16N3O. The lowest BCUT2D eigenvalue weighted by Crippen LogP contribution is -2.15. The van der Waals surface area contributed by atoms with Crippen LogP contribution in [0.1, 0.15) is 12.5 Å². The molecule has 1 aromatic heterocycles. The third-order valence-electron chi connectivity index (χ3n) is 2.54. The van der Waals surface area contributed by atoms with Crippen LogP contribution in [0, 0.1) is 6.92 Å². The molecule has 1 aromatic carbocycles. The van der Waals surface area contributed by atoms with Gasteiger partial charge in [0.15, 0.2) is 5.82 Å². The maximum absolute atomic E-state index is 5.97. The lowest BCUT2D eigenvalue weighted by atomic mass is 10.1. The highest BCUT2D eigenvalue weighted by Gasteiger charge is 2.15. The van der Waals surface area contributed by atoms with Gasteiger partial charge in [0, 0.05) is 11.1 Å². The lowest BCUT2D eigenvalue weighted by molar-refractivity contribution is 0.0982. The molecule has 0 atom stereocenters. The molecule has 17 heavy (non-hydrogen) atoms. The summed E-state index contributed by atoms with van der Waals surface area (Å²) in [6, 6.07) is 9.90. The third kappa shape index (κ3) is 2.11. The number of aromatic nitrogens is 2. The van der Waals surface area contributed by atoms with Gasteiger partial charge in [-0.3, -0.25) is 0 Å². The predicted molar refractivity (Wildman–Crippen MR) is 68.3 cm³/mol. The molecule has 0 aliphatic carbocycles. The summed E-state index contributed by atoms with van der Waals surface area (Å²) < 4.78 is 0. The fraction of sp³-hybridized carbons (Fsp3) is 0.231. The molecule has 89 valence electrons. The van der Waals surface area contributed by atoms with Gasteiger partial charge in [0.2, 0.25) is 0 Å². The lowest BCUT2D eigenvalue weighted by Gasteiger charge is -2.02. The Balaban J connectivity index is 2.50. The average molecular weight is 230 g/mol. The molecule has 0 saturated heterocycles. The van der Waals surface area contributed by atoms with E-state index in [2.05, 4.69) is 12.0 Å². The summed E-state index contributed by atoms with van der Waals surface area (Å²) in [5, 5.41) is 4.37. The number of anilines is 1. The van der Waals surface area contributed by atoms with Gasteiger partial charge in [0.25, 0.3) is 0 Å². The Morgan fingerprint density at radius 3 is 2.65 bits per heavy atom. The minimum absolute atomic E-state index is 0.524. The molecule has 0 amide bonds. The van der Waals surface area contributed by atoms with E-state index >= 15 is 0 Å². The van der Waals surface area contributed by atoms with E-state index in [0.717, 1.165) is 16.8 Å². The molecule has 0 aliphatic rings. The summed E-state index contributed by atoms with van der Waals surface area (Å²) in [6.07, 6.45) is 0.586. The first kappa shape index (κ1) is 11.5. The van der Waals surface area contributed by atoms with Gasteiger partial charge in [-0.1, -0.05) is 35.2 Å². The van der Waals surface area contributed by atoms with Crippen molar-refractivity contribution in [2.24, 2.45) is 0 Å². The molecular weight excluding hydrogens is 214 g/mol. The molecule has 2 N–H and O–H groups in total. The molecule has 1 heterocycles. The summed E-state index contributed by atoms with van der Waals surface area (Å²) in [5.74, 6) is 0.528. The van der Waals surface area contributed by atoms with E-state index in [4.69, 9.17) is 10.6 Å². The van der Waals surface area contributed by atoms with Crippen molar-refractivity contribution in [2.75, 3.05) is 12.3 Å². The number of nitrogens with two attached hydrogens (primary N) is 1. The second kappa shape index (κ2) is 4.91. The van der Waals surface area contributed by atoms with Crippen LogP contribution in [0.15, 0.2) is 30.3 Å². The van der Waals surface area contributed by atoms with Crippen LogP contribution in [0.2, 0.25) is 0 Å². The van der Waals surface area contributed by atoms with Gasteiger partial charge in [-0.05, 0) is 20.3 Å². The molecule has 1 radical (unpaired) electrons. The molecule has 2 aromatic rings. The highest BCUT2D eigenvalue weighted by Crippen LogP contribution is 2.26. The summed E-state index contributed by atoms with van der Waals surface area (Å²) in [6.45, 7) is 6.31. The molecule has 0 aliphatic heterocycles.